The van der Waals surface area contributed by atoms with Crippen LogP contribution in [0.15, 0.2) is 36.8 Å². The van der Waals surface area contributed by atoms with Gasteiger partial charge in [0.1, 0.15) is 11.3 Å². The van der Waals surface area contributed by atoms with Gasteiger partial charge in [-0.25, -0.2) is 9.67 Å². The summed E-state index contributed by atoms with van der Waals surface area (Å²) >= 11 is 10.8. The van der Waals surface area contributed by atoms with Crippen LogP contribution < -0.4 is 5.73 Å². The molecule has 5 nitrogen and oxygen atoms in total. The second kappa shape index (κ2) is 4.56. The van der Waals surface area contributed by atoms with Gasteiger partial charge >= 0.3 is 0 Å². The van der Waals surface area contributed by atoms with Crippen molar-refractivity contribution in [2.45, 2.75) is 0 Å². The molecule has 0 bridgehead atoms. The molecule has 0 aliphatic heterocycles. The molecule has 0 saturated heterocycles. The number of rotatable bonds is 2. The molecule has 0 unspecified atom stereocenters. The largest absolute Gasteiger partial charge is 0.387 e. The third-order valence-electron chi connectivity index (χ3n) is 2.64. The summed E-state index contributed by atoms with van der Waals surface area (Å²) in [6.07, 6.45) is 3.26. The third kappa shape index (κ3) is 2.16. The smallest absolute Gasteiger partial charge is 0.208 e. The Bertz CT molecular complexity index is 783. The summed E-state index contributed by atoms with van der Waals surface area (Å²) in [5.74, 6) is 0.342. The Morgan fingerprint density at radius 1 is 1.26 bits per heavy atom. The first kappa shape index (κ1) is 12.0. The Morgan fingerprint density at radius 2 is 2.11 bits per heavy atom. The average molecular weight is 290 g/mol. The molecule has 1 aromatic carbocycles. The molecule has 0 saturated carbocycles. The van der Waals surface area contributed by atoms with Gasteiger partial charge in [-0.05, 0) is 24.3 Å². The molecule has 0 radical (unpaired) electrons. The minimum atomic E-state index is 0.167. The van der Waals surface area contributed by atoms with E-state index in [0.29, 0.717) is 10.8 Å². The molecule has 3 rings (SSSR count). The van der Waals surface area contributed by atoms with Crippen molar-refractivity contribution < 1.29 is 0 Å². The molecule has 2 heterocycles. The lowest BCUT2D eigenvalue weighted by atomic mass is 10.2. The van der Waals surface area contributed by atoms with Crippen LogP contribution in [-0.2, 0) is 0 Å². The van der Waals surface area contributed by atoms with Gasteiger partial charge in [0.05, 0.1) is 11.2 Å². The van der Waals surface area contributed by atoms with Crippen LogP contribution >= 0.6 is 23.8 Å². The predicted octanol–water partition coefficient (Wildman–Crippen LogP) is 2.10. The maximum absolute atomic E-state index is 5.95. The molecule has 2 N–H and O–H groups in total. The quantitative estimate of drug-likeness (QED) is 0.732. The molecule has 19 heavy (non-hydrogen) atoms. The zero-order chi connectivity index (χ0) is 13.4. The molecule has 0 atom stereocenters. The first-order valence-corrected chi connectivity index (χ1v) is 6.20. The van der Waals surface area contributed by atoms with Crippen LogP contribution in [-0.4, -0.2) is 24.7 Å². The number of halogens is 1. The number of hydrogen-bond donors (Lipinski definition) is 1. The summed E-state index contributed by atoms with van der Waals surface area (Å²) in [6.45, 7) is 0. The Hall–Kier alpha value is -2.05. The van der Waals surface area contributed by atoms with Crippen molar-refractivity contribution in [1.29, 1.82) is 0 Å². The Kier molecular flexibility index (Phi) is 2.88. The van der Waals surface area contributed by atoms with E-state index in [1.54, 1.807) is 29.3 Å². The summed E-state index contributed by atoms with van der Waals surface area (Å²) in [5, 5.41) is 5.79. The van der Waals surface area contributed by atoms with Gasteiger partial charge in [0.25, 0.3) is 0 Å². The number of thiocarbonyl (C=S) groups is 1. The van der Waals surface area contributed by atoms with Crippen LogP contribution in [0.4, 0.5) is 0 Å². The van der Waals surface area contributed by atoms with Gasteiger partial charge in [-0.15, -0.1) is 5.10 Å². The third-order valence-corrected chi connectivity index (χ3v) is 3.06. The summed E-state index contributed by atoms with van der Waals surface area (Å²) in [5.41, 5.74) is 7.13. The van der Waals surface area contributed by atoms with Gasteiger partial charge in [0.15, 0.2) is 0 Å². The SMILES string of the molecule is NC(=S)c1ncn(-c2ccnc3cc(Cl)ccc23)n1. The first-order valence-electron chi connectivity index (χ1n) is 5.41. The van der Waals surface area contributed by atoms with Crippen molar-refractivity contribution in [2.75, 3.05) is 0 Å². The number of nitrogens with two attached hydrogens (primary N) is 1. The second-order valence-electron chi connectivity index (χ2n) is 3.87. The molecule has 0 aliphatic carbocycles. The Labute approximate surface area is 119 Å². The van der Waals surface area contributed by atoms with Crippen LogP contribution in [0.1, 0.15) is 5.82 Å². The molecule has 2 aromatic heterocycles. The number of benzene rings is 1. The normalized spacial score (nSPS) is 10.8. The highest BCUT2D eigenvalue weighted by molar-refractivity contribution is 7.80. The molecule has 94 valence electrons. The lowest BCUT2D eigenvalue weighted by Gasteiger charge is -2.05. The summed E-state index contributed by atoms with van der Waals surface area (Å²) in [7, 11) is 0. The fraction of sp³-hybridized carbons (Fsp3) is 0. The maximum Gasteiger partial charge on any atom is 0.208 e. The number of fused-ring (bicyclic) bond motifs is 1. The fourth-order valence-electron chi connectivity index (χ4n) is 1.80. The van der Waals surface area contributed by atoms with Crippen LogP contribution in [0.2, 0.25) is 5.02 Å². The average Bonchev–Trinajstić information content (AvgIpc) is 2.87. The highest BCUT2D eigenvalue weighted by Crippen LogP contribution is 2.22. The summed E-state index contributed by atoms with van der Waals surface area (Å²) in [4.78, 5) is 8.50. The summed E-state index contributed by atoms with van der Waals surface area (Å²) < 4.78 is 1.62. The fourth-order valence-corrected chi connectivity index (χ4v) is 2.06. The van der Waals surface area contributed by atoms with Gasteiger partial charge in [-0.1, -0.05) is 23.8 Å². The van der Waals surface area contributed by atoms with Crippen molar-refractivity contribution in [3.8, 4) is 5.69 Å². The van der Waals surface area contributed by atoms with Crippen LogP contribution in [0.5, 0.6) is 0 Å². The van der Waals surface area contributed by atoms with Crippen molar-refractivity contribution in [3.05, 3.63) is 47.6 Å². The van der Waals surface area contributed by atoms with Crippen molar-refractivity contribution in [1.82, 2.24) is 19.7 Å². The zero-order valence-corrected chi connectivity index (χ0v) is 11.2. The lowest BCUT2D eigenvalue weighted by Crippen LogP contribution is -2.12. The van der Waals surface area contributed by atoms with Gasteiger partial charge in [0.2, 0.25) is 5.82 Å². The van der Waals surface area contributed by atoms with E-state index in [9.17, 15) is 0 Å². The molecule has 0 spiro atoms. The number of nitrogens with zero attached hydrogens (tertiary/aromatic N) is 4. The lowest BCUT2D eigenvalue weighted by molar-refractivity contribution is 0.881. The van der Waals surface area contributed by atoms with Gasteiger partial charge < -0.3 is 5.73 Å². The van der Waals surface area contributed by atoms with E-state index >= 15 is 0 Å². The molecule has 0 aliphatic rings. The van der Waals surface area contributed by atoms with E-state index in [0.717, 1.165) is 16.6 Å². The second-order valence-corrected chi connectivity index (χ2v) is 4.74. The zero-order valence-electron chi connectivity index (χ0n) is 9.62. The minimum absolute atomic E-state index is 0.167. The number of aromatic nitrogens is 4. The maximum atomic E-state index is 5.95. The highest BCUT2D eigenvalue weighted by atomic mass is 35.5. The van der Waals surface area contributed by atoms with Crippen molar-refractivity contribution in [3.63, 3.8) is 0 Å². The van der Waals surface area contributed by atoms with E-state index in [2.05, 4.69) is 15.1 Å². The van der Waals surface area contributed by atoms with Gasteiger partial charge in [0, 0.05) is 16.6 Å². The number of hydrogen-bond acceptors (Lipinski definition) is 4. The predicted molar refractivity (Wildman–Crippen MR) is 77.6 cm³/mol. The molecule has 0 fully saturated rings. The van der Waals surface area contributed by atoms with E-state index in [4.69, 9.17) is 29.6 Å². The first-order chi connectivity index (χ1) is 9.15. The Balaban J connectivity index is 2.21. The van der Waals surface area contributed by atoms with Crippen LogP contribution in [0, 0.1) is 0 Å². The highest BCUT2D eigenvalue weighted by Gasteiger charge is 2.08. The summed E-state index contributed by atoms with van der Waals surface area (Å²) in [6, 6.07) is 7.34. The molecule has 3 aromatic rings. The van der Waals surface area contributed by atoms with Gasteiger partial charge in [-0.2, -0.15) is 0 Å². The standard InChI is InChI=1S/C12H8ClN5S/c13-7-1-2-8-9(5-7)15-4-3-10(8)18-6-16-12(17-18)11(14)19/h1-6H,(H2,14,19). The van der Waals surface area contributed by atoms with Gasteiger partial charge in [-0.3, -0.25) is 4.98 Å². The van der Waals surface area contributed by atoms with Crippen LogP contribution in [0.25, 0.3) is 16.6 Å². The Morgan fingerprint density at radius 3 is 2.84 bits per heavy atom. The van der Waals surface area contributed by atoms with E-state index < -0.39 is 0 Å². The molecular formula is C12H8ClN5S. The molecule has 7 heteroatoms. The minimum Gasteiger partial charge on any atom is -0.387 e. The molecule has 0 amide bonds. The monoisotopic (exact) mass is 289 g/mol. The van der Waals surface area contributed by atoms with Crippen molar-refractivity contribution >= 4 is 39.7 Å². The number of pyridine rings is 1. The topological polar surface area (TPSA) is 69.6 Å². The van der Waals surface area contributed by atoms with Crippen LogP contribution in [0.3, 0.4) is 0 Å². The van der Waals surface area contributed by atoms with E-state index in [1.807, 2.05) is 12.1 Å². The van der Waals surface area contributed by atoms with Crippen molar-refractivity contribution in [2.24, 2.45) is 5.73 Å². The van der Waals surface area contributed by atoms with E-state index in [1.165, 1.54) is 0 Å². The molecular weight excluding hydrogens is 282 g/mol. The van der Waals surface area contributed by atoms with E-state index in [-0.39, 0.29) is 4.99 Å².